The smallest absolute Gasteiger partial charge is 0.219 e. The molecule has 0 aliphatic heterocycles. The number of benzene rings is 1. The Morgan fingerprint density at radius 1 is 1.29 bits per heavy atom. The van der Waals surface area contributed by atoms with E-state index in [1.807, 2.05) is 26.0 Å². The van der Waals surface area contributed by atoms with Gasteiger partial charge >= 0.3 is 0 Å². The van der Waals surface area contributed by atoms with Crippen molar-refractivity contribution in [1.29, 1.82) is 0 Å². The van der Waals surface area contributed by atoms with Crippen molar-refractivity contribution in [3.63, 3.8) is 0 Å². The lowest BCUT2D eigenvalue weighted by molar-refractivity contribution is 0.425. The van der Waals surface area contributed by atoms with Crippen LogP contribution in [0.5, 0.6) is 11.6 Å². The van der Waals surface area contributed by atoms with Crippen LogP contribution in [0.25, 0.3) is 0 Å². The Hall–Kier alpha value is -1.65. The van der Waals surface area contributed by atoms with Crippen LogP contribution in [0.2, 0.25) is 5.02 Å². The monoisotopic (exact) mass is 308 g/mol. The summed E-state index contributed by atoms with van der Waals surface area (Å²) in [4.78, 5) is 4.37. The third-order valence-corrected chi connectivity index (χ3v) is 3.28. The van der Waals surface area contributed by atoms with Crippen LogP contribution in [0, 0.1) is 5.82 Å². The van der Waals surface area contributed by atoms with Crippen molar-refractivity contribution in [1.82, 2.24) is 10.3 Å². The largest absolute Gasteiger partial charge is 0.436 e. The second-order valence-electron chi connectivity index (χ2n) is 4.59. The Morgan fingerprint density at radius 3 is 2.81 bits per heavy atom. The van der Waals surface area contributed by atoms with E-state index in [0.29, 0.717) is 5.88 Å². The molecule has 0 unspecified atom stereocenters. The zero-order valence-electron chi connectivity index (χ0n) is 12.1. The molecule has 0 radical (unpaired) electrons. The lowest BCUT2D eigenvalue weighted by atomic mass is 10.2. The zero-order valence-corrected chi connectivity index (χ0v) is 12.9. The van der Waals surface area contributed by atoms with Gasteiger partial charge in [-0.25, -0.2) is 9.37 Å². The Kier molecular flexibility index (Phi) is 5.53. The van der Waals surface area contributed by atoms with Crippen molar-refractivity contribution < 1.29 is 9.13 Å². The molecule has 1 aromatic heterocycles. The van der Waals surface area contributed by atoms with Gasteiger partial charge in [0.2, 0.25) is 5.88 Å². The number of pyridine rings is 1. The number of aryl methyl sites for hydroxylation is 1. The van der Waals surface area contributed by atoms with Crippen LogP contribution < -0.4 is 10.1 Å². The summed E-state index contributed by atoms with van der Waals surface area (Å²) >= 11 is 5.75. The first-order chi connectivity index (χ1) is 10.1. The van der Waals surface area contributed by atoms with Crippen LogP contribution >= 0.6 is 11.6 Å². The van der Waals surface area contributed by atoms with Crippen LogP contribution in [0.4, 0.5) is 4.39 Å². The molecule has 1 aromatic carbocycles. The molecule has 3 nitrogen and oxygen atoms in total. The topological polar surface area (TPSA) is 34.2 Å². The van der Waals surface area contributed by atoms with Gasteiger partial charge < -0.3 is 10.1 Å². The molecule has 0 spiro atoms. The molecule has 0 saturated heterocycles. The number of hydrogen-bond donors (Lipinski definition) is 1. The summed E-state index contributed by atoms with van der Waals surface area (Å²) in [7, 11) is 0. The van der Waals surface area contributed by atoms with Gasteiger partial charge in [-0.1, -0.05) is 31.5 Å². The van der Waals surface area contributed by atoms with E-state index in [1.54, 1.807) is 6.07 Å². The number of aromatic nitrogens is 1. The van der Waals surface area contributed by atoms with E-state index in [9.17, 15) is 4.39 Å². The first kappa shape index (κ1) is 15.7. The number of ether oxygens (including phenoxy) is 1. The van der Waals surface area contributed by atoms with Gasteiger partial charge in [-0.3, -0.25) is 0 Å². The lowest BCUT2D eigenvalue weighted by Gasteiger charge is -2.10. The predicted octanol–water partition coefficient (Wildman–Crippen LogP) is 4.34. The Labute approximate surface area is 129 Å². The van der Waals surface area contributed by atoms with Gasteiger partial charge in [-0.2, -0.15) is 0 Å². The van der Waals surface area contributed by atoms with Crippen LogP contribution in [-0.4, -0.2) is 11.5 Å². The Balaban J connectivity index is 2.28. The van der Waals surface area contributed by atoms with Crippen molar-refractivity contribution in [2.24, 2.45) is 0 Å². The van der Waals surface area contributed by atoms with Gasteiger partial charge in [0.1, 0.15) is 0 Å². The zero-order chi connectivity index (χ0) is 15.2. The highest BCUT2D eigenvalue weighted by molar-refractivity contribution is 6.30. The first-order valence-electron chi connectivity index (χ1n) is 6.96. The van der Waals surface area contributed by atoms with Crippen molar-refractivity contribution in [2.75, 3.05) is 6.54 Å². The van der Waals surface area contributed by atoms with Crippen LogP contribution in [0.15, 0.2) is 30.3 Å². The second kappa shape index (κ2) is 7.38. The van der Waals surface area contributed by atoms with Gasteiger partial charge in [-0.05, 0) is 36.7 Å². The molecule has 21 heavy (non-hydrogen) atoms. The maximum Gasteiger partial charge on any atom is 0.219 e. The summed E-state index contributed by atoms with van der Waals surface area (Å²) in [5.41, 5.74) is 1.96. The van der Waals surface area contributed by atoms with E-state index in [4.69, 9.17) is 16.3 Å². The molecule has 0 aliphatic rings. The van der Waals surface area contributed by atoms with Gasteiger partial charge in [0.15, 0.2) is 11.6 Å². The number of hydrogen-bond acceptors (Lipinski definition) is 3. The van der Waals surface area contributed by atoms with Crippen molar-refractivity contribution in [3.05, 3.63) is 52.4 Å². The molecule has 1 N–H and O–H groups in total. The maximum atomic E-state index is 13.9. The summed E-state index contributed by atoms with van der Waals surface area (Å²) in [6.07, 6.45) is 0.786. The number of nitrogens with one attached hydrogen (secondary N) is 1. The SMILES string of the molecule is CCNCc1cc(CC)nc(Oc2cccc(Cl)c2F)c1. The minimum Gasteiger partial charge on any atom is -0.436 e. The van der Waals surface area contributed by atoms with Crippen LogP contribution in [0.3, 0.4) is 0 Å². The summed E-state index contributed by atoms with van der Waals surface area (Å²) in [6.45, 7) is 5.66. The Bertz CT molecular complexity index is 619. The molecular formula is C16H18ClFN2O. The van der Waals surface area contributed by atoms with E-state index in [1.165, 1.54) is 12.1 Å². The summed E-state index contributed by atoms with van der Waals surface area (Å²) in [5.74, 6) is -0.114. The maximum absolute atomic E-state index is 13.9. The molecule has 0 saturated carbocycles. The highest BCUT2D eigenvalue weighted by Gasteiger charge is 2.10. The second-order valence-corrected chi connectivity index (χ2v) is 5.00. The molecule has 0 aliphatic carbocycles. The van der Waals surface area contributed by atoms with Crippen LogP contribution in [-0.2, 0) is 13.0 Å². The number of halogens is 2. The molecule has 0 atom stereocenters. The van der Waals surface area contributed by atoms with E-state index in [0.717, 1.165) is 30.8 Å². The molecular weight excluding hydrogens is 291 g/mol. The Morgan fingerprint density at radius 2 is 2.10 bits per heavy atom. The predicted molar refractivity (Wildman–Crippen MR) is 82.5 cm³/mol. The van der Waals surface area contributed by atoms with Crippen molar-refractivity contribution >= 4 is 11.6 Å². The van der Waals surface area contributed by atoms with Gasteiger partial charge in [0.05, 0.1) is 5.02 Å². The van der Waals surface area contributed by atoms with E-state index in [2.05, 4.69) is 10.3 Å². The standard InChI is InChI=1S/C16H18ClFN2O/c1-3-12-8-11(10-19-4-2)9-15(20-12)21-14-7-5-6-13(17)16(14)18/h5-9,19H,3-4,10H2,1-2H3. The fraction of sp³-hybridized carbons (Fsp3) is 0.312. The first-order valence-corrected chi connectivity index (χ1v) is 7.34. The van der Waals surface area contributed by atoms with Crippen molar-refractivity contribution in [3.8, 4) is 11.6 Å². The molecule has 0 bridgehead atoms. The van der Waals surface area contributed by atoms with Crippen LogP contribution in [0.1, 0.15) is 25.1 Å². The highest BCUT2D eigenvalue weighted by atomic mass is 35.5. The summed E-state index contributed by atoms with van der Waals surface area (Å²) in [5, 5.41) is 3.28. The third-order valence-electron chi connectivity index (χ3n) is 2.99. The molecule has 112 valence electrons. The van der Waals surface area contributed by atoms with E-state index < -0.39 is 5.82 Å². The van der Waals surface area contributed by atoms with E-state index in [-0.39, 0.29) is 10.8 Å². The molecule has 5 heteroatoms. The fourth-order valence-corrected chi connectivity index (χ4v) is 2.07. The van der Waals surface area contributed by atoms with E-state index >= 15 is 0 Å². The van der Waals surface area contributed by atoms with Gasteiger partial charge in [0.25, 0.3) is 0 Å². The molecule has 1 heterocycles. The van der Waals surface area contributed by atoms with Crippen molar-refractivity contribution in [2.45, 2.75) is 26.8 Å². The van der Waals surface area contributed by atoms with Gasteiger partial charge in [-0.15, -0.1) is 0 Å². The normalized spacial score (nSPS) is 10.7. The molecule has 2 rings (SSSR count). The molecule has 0 fully saturated rings. The quantitative estimate of drug-likeness (QED) is 0.862. The molecule has 2 aromatic rings. The summed E-state index contributed by atoms with van der Waals surface area (Å²) < 4.78 is 19.4. The molecule has 0 amide bonds. The van der Waals surface area contributed by atoms with Gasteiger partial charge in [0, 0.05) is 18.3 Å². The lowest BCUT2D eigenvalue weighted by Crippen LogP contribution is -2.12. The summed E-state index contributed by atoms with van der Waals surface area (Å²) in [6, 6.07) is 8.48. The minimum absolute atomic E-state index is 0.0343. The highest BCUT2D eigenvalue weighted by Crippen LogP contribution is 2.28. The minimum atomic E-state index is -0.573. The third kappa shape index (κ3) is 4.16. The number of nitrogens with zero attached hydrogens (tertiary/aromatic N) is 1. The number of rotatable bonds is 6. The average molecular weight is 309 g/mol. The average Bonchev–Trinajstić information content (AvgIpc) is 2.49. The fourth-order valence-electron chi connectivity index (χ4n) is 1.90.